The molecule has 7 N–H and O–H groups in total. The number of methoxy groups -OCH3 is 2. The van der Waals surface area contributed by atoms with Crippen molar-refractivity contribution in [1.82, 2.24) is 50.5 Å². The largest absolute Gasteiger partial charge is 0.493 e. The predicted octanol–water partition coefficient (Wildman–Crippen LogP) is 9.45. The molecule has 2 unspecified atom stereocenters. The number of hydrogen-bond acceptors (Lipinski definition) is 20. The summed E-state index contributed by atoms with van der Waals surface area (Å²) >= 11 is 12.7. The second-order valence-electron chi connectivity index (χ2n) is 31.1. The number of aliphatic hydroxyl groups excluding tert-OH is 1. The van der Waals surface area contributed by atoms with Gasteiger partial charge in [-0.1, -0.05) is 122 Å². The third-order valence-corrected chi connectivity index (χ3v) is 23.1. The Labute approximate surface area is 637 Å². The van der Waals surface area contributed by atoms with E-state index in [-0.39, 0.29) is 31.8 Å². The molecule has 2 aromatic heterocycles. The molecule has 10 atom stereocenters. The fraction of sp³-hybridized carbons (Fsp3) is 0.583. The molecule has 4 aliphatic rings. The van der Waals surface area contributed by atoms with Crippen molar-refractivity contribution in [2.24, 2.45) is 22.7 Å². The van der Waals surface area contributed by atoms with Crippen LogP contribution in [0.4, 0.5) is 9.59 Å². The van der Waals surface area contributed by atoms with Crippen LogP contribution in [0, 0.1) is 22.7 Å². The number of carbonyl (C=O) groups is 8. The number of pyridine rings is 2. The van der Waals surface area contributed by atoms with E-state index in [1.165, 1.54) is 42.9 Å². The molecule has 2 aliphatic carbocycles. The number of sulfonamides is 2. The van der Waals surface area contributed by atoms with Crippen molar-refractivity contribution in [3.8, 4) is 17.4 Å². The zero-order valence-corrected chi connectivity index (χ0v) is 68.3. The van der Waals surface area contributed by atoms with E-state index in [0.717, 1.165) is 16.2 Å². The maximum absolute atomic E-state index is 14.5. The monoisotopic (exact) mass is 1650 g/mol. The number of amides is 8. The Balaban J connectivity index is 0.000000284. The van der Waals surface area contributed by atoms with Gasteiger partial charge in [0.1, 0.15) is 62.3 Å². The number of carbonyl (C=O) groups excluding carboxylic acids is 8. The van der Waals surface area contributed by atoms with Crippen molar-refractivity contribution in [2.75, 3.05) is 27.3 Å². The Hall–Kier alpha value is -7.39. The van der Waals surface area contributed by atoms with Gasteiger partial charge in [0, 0.05) is 52.8 Å². The van der Waals surface area contributed by atoms with E-state index in [1.54, 1.807) is 104 Å². The number of β-amino-alcohol motifs (C(OH)–C–C–N with tert-alkyl or cyclic N) is 1. The van der Waals surface area contributed by atoms with Crippen molar-refractivity contribution in [2.45, 2.75) is 218 Å². The van der Waals surface area contributed by atoms with Crippen LogP contribution in [0.3, 0.4) is 0 Å². The van der Waals surface area contributed by atoms with Gasteiger partial charge in [-0.25, -0.2) is 36.4 Å². The second kappa shape index (κ2) is 33.8. The van der Waals surface area contributed by atoms with Gasteiger partial charge < -0.3 is 59.9 Å². The first-order valence-electron chi connectivity index (χ1n) is 34.2. The van der Waals surface area contributed by atoms with Crippen LogP contribution in [0.1, 0.15) is 149 Å². The molecule has 4 aromatic rings. The van der Waals surface area contributed by atoms with Gasteiger partial charge in [0.05, 0.1) is 37.4 Å². The van der Waals surface area contributed by atoms with Crippen molar-refractivity contribution < 1.29 is 84.0 Å². The fourth-order valence-corrected chi connectivity index (χ4v) is 15.7. The van der Waals surface area contributed by atoms with Crippen LogP contribution >= 0.6 is 43.5 Å². The van der Waals surface area contributed by atoms with Crippen LogP contribution in [0.5, 0.6) is 17.4 Å². The highest BCUT2D eigenvalue weighted by Gasteiger charge is 2.52. The number of hydrogen-bond donors (Lipinski definition) is 7. The van der Waals surface area contributed by atoms with Crippen LogP contribution in [-0.2, 0) is 58.3 Å². The molecule has 580 valence electrons. The minimum atomic E-state index is -3.95. The molecule has 0 bridgehead atoms. The molecule has 0 radical (unpaired) electrons. The topological polar surface area (TPSA) is 376 Å². The van der Waals surface area contributed by atoms with Gasteiger partial charge >= 0.3 is 12.2 Å². The number of alkyl carbamates (subject to hydrolysis) is 2. The predicted molar refractivity (Wildman–Crippen MR) is 405 cm³/mol. The molecule has 4 heterocycles. The fourth-order valence-electron chi connectivity index (χ4n) is 11.4. The number of aliphatic hydroxyl groups is 1. The molecule has 2 saturated carbocycles. The van der Waals surface area contributed by atoms with E-state index in [0.29, 0.717) is 56.9 Å². The van der Waals surface area contributed by atoms with Crippen LogP contribution in [0.25, 0.3) is 21.5 Å². The van der Waals surface area contributed by atoms with E-state index in [9.17, 15) is 60.3 Å². The van der Waals surface area contributed by atoms with E-state index in [2.05, 4.69) is 85.7 Å². The van der Waals surface area contributed by atoms with Gasteiger partial charge in [0.15, 0.2) is 16.1 Å². The van der Waals surface area contributed by atoms with Gasteiger partial charge in [0.25, 0.3) is 11.8 Å². The number of ether oxygens (including phenoxy) is 5. The van der Waals surface area contributed by atoms with Crippen LogP contribution in [0.15, 0.2) is 83.0 Å². The number of benzene rings is 2. The normalized spacial score (nSPS) is 20.0. The third-order valence-electron chi connectivity index (χ3n) is 18.1. The van der Waals surface area contributed by atoms with E-state index >= 15 is 0 Å². The average molecular weight is 1650 g/mol. The molecular formula is C72H101Br2ClN10O18S2. The summed E-state index contributed by atoms with van der Waals surface area (Å²) in [4.78, 5) is 120. The summed E-state index contributed by atoms with van der Waals surface area (Å²) in [5, 5.41) is 23.4. The number of likely N-dealkylation sites (tertiary alicyclic amines) is 2. The minimum Gasteiger partial charge on any atom is -0.493 e. The molecule has 8 rings (SSSR count). The number of nitrogens with zero attached hydrogens (tertiary/aromatic N) is 4. The van der Waals surface area contributed by atoms with Crippen LogP contribution in [-0.4, -0.2) is 186 Å². The van der Waals surface area contributed by atoms with Crippen LogP contribution in [0.2, 0.25) is 5.15 Å². The maximum Gasteiger partial charge on any atom is 0.408 e. The molecule has 8 amide bonds. The first-order valence-corrected chi connectivity index (χ1v) is 39.3. The second-order valence-corrected chi connectivity index (χ2v) is 36.9. The number of aromatic nitrogens is 2. The van der Waals surface area contributed by atoms with Crippen molar-refractivity contribution >= 4 is 133 Å². The molecule has 2 aliphatic heterocycles. The number of fused-ring (bicyclic) bond motifs is 2. The van der Waals surface area contributed by atoms with Crippen molar-refractivity contribution in [3.63, 3.8) is 0 Å². The first kappa shape index (κ1) is 86.5. The molecule has 4 fully saturated rings. The van der Waals surface area contributed by atoms with Crippen LogP contribution < -0.4 is 44.9 Å². The molecule has 28 nitrogen and oxygen atoms in total. The Kier molecular flexibility index (Phi) is 27.9. The third kappa shape index (κ3) is 21.9. The quantitative estimate of drug-likeness (QED) is 0.0284. The molecule has 0 spiro atoms. The van der Waals surface area contributed by atoms with Gasteiger partial charge in [-0.3, -0.25) is 38.2 Å². The average Bonchev–Trinajstić information content (AvgIpc) is 1.42. The molecule has 2 saturated heterocycles. The lowest BCUT2D eigenvalue weighted by Gasteiger charge is -2.38. The van der Waals surface area contributed by atoms with Gasteiger partial charge in [0.2, 0.25) is 49.6 Å². The summed E-state index contributed by atoms with van der Waals surface area (Å²) in [6.45, 7) is 33.9. The minimum absolute atomic E-state index is 0.0267. The lowest BCUT2D eigenvalue weighted by Crippen LogP contribution is -2.64. The Morgan fingerprint density at radius 2 is 0.943 bits per heavy atom. The Bertz CT molecular complexity index is 4190. The van der Waals surface area contributed by atoms with Gasteiger partial charge in [-0.15, -0.1) is 13.2 Å². The highest BCUT2D eigenvalue weighted by molar-refractivity contribution is 9.10. The highest BCUT2D eigenvalue weighted by Crippen LogP contribution is 2.40. The van der Waals surface area contributed by atoms with E-state index in [4.69, 9.17) is 35.3 Å². The summed E-state index contributed by atoms with van der Waals surface area (Å²) < 4.78 is 83.6. The summed E-state index contributed by atoms with van der Waals surface area (Å²) in [5.74, 6) is -4.50. The zero-order chi connectivity index (χ0) is 79.2. The Morgan fingerprint density at radius 1 is 0.581 bits per heavy atom. The summed E-state index contributed by atoms with van der Waals surface area (Å²) in [7, 11) is -4.71. The lowest BCUT2D eigenvalue weighted by atomic mass is 9.85. The van der Waals surface area contributed by atoms with E-state index in [1.807, 2.05) is 48.5 Å². The summed E-state index contributed by atoms with van der Waals surface area (Å²) in [6.07, 6.45) is 1.06. The number of nitrogens with one attached hydrogen (secondary N) is 6. The van der Waals surface area contributed by atoms with Crippen molar-refractivity contribution in [3.05, 3.63) is 88.2 Å². The SMILES string of the molecule is C=CC(C)[C@](C)(NC(=O)[C@@H]1C[C@@H](O)CN1C(=O)[C@@H](NC(=O)OC(C)(C)C)C(C)(C)C)C(=O)NS(=O)(=O)C1CC1.C=CC(C)[C@](C)(NC(=O)[C@@H]1C[C@@H](Oc2nc(Br)c(OC)c3ccccc23)CN1C(=O)[C@@H](NC(=O)OC(C)(C)C)C(C)(C)C)C(=O)NS(=O)(=O)C1CC1.COc1c(Br)nc(Cl)c2ccccc12. The maximum atomic E-state index is 14.5. The first-order chi connectivity index (χ1) is 48.4. The number of rotatable bonds is 22. The summed E-state index contributed by atoms with van der Waals surface area (Å²) in [5.41, 5.74) is -6.76. The smallest absolute Gasteiger partial charge is 0.408 e. The zero-order valence-electron chi connectivity index (χ0n) is 62.7. The summed E-state index contributed by atoms with van der Waals surface area (Å²) in [6, 6.07) is 10.4. The molecular weight excluding hydrogens is 1550 g/mol. The standard InChI is InChI=1S/C36H50BrN5O9S.C26H44N4O8S.C10H7BrClNO/c1-11-20(2)36(9,32(45)41-52(47,48)22-16-17-22)40-29(43)25-18-21(50-30-24-15-13-12-14-23(24)26(49-10)28(37)39-30)19-42(25)31(44)27(34(3,4)5)38-33(46)51-35(6,7)8;1-10-15(2)26(9,22(34)29-39(36,37)17-11-12-17)28-20(32)18-13-16(31)14-30(18)21(33)19(24(3,4)5)27-23(35)38-25(6,7)8;1-14-8-6-4-2-3-5-7(6)10(12)13-9(8)11/h11-15,20-22,25,27H,1,16-19H2,2-10H3,(H,38,46)(H,40,43)(H,41,45);10,15-19,31H,1,11-14H2,2-9H3,(H,27,35)(H,28,32)(H,29,34);2-5H,1H3/t20?,21-,25+,27-,36+;15?,16-,18+,19-,26+;/m11./s1. The molecule has 2 aromatic carbocycles. The Morgan fingerprint density at radius 3 is 1.31 bits per heavy atom. The van der Waals surface area contributed by atoms with Gasteiger partial charge in [-0.2, -0.15) is 0 Å². The molecule has 33 heteroatoms. The number of halogens is 3. The van der Waals surface area contributed by atoms with Crippen molar-refractivity contribution in [1.29, 1.82) is 0 Å². The lowest BCUT2D eigenvalue weighted by molar-refractivity contribution is -0.144. The van der Waals surface area contributed by atoms with E-state index < -0.39 is 159 Å². The molecule has 105 heavy (non-hydrogen) atoms. The highest BCUT2D eigenvalue weighted by atomic mass is 79.9. The van der Waals surface area contributed by atoms with Gasteiger partial charge in [-0.05, 0) is 130 Å².